The van der Waals surface area contributed by atoms with Gasteiger partial charge < -0.3 is 11.5 Å². The van der Waals surface area contributed by atoms with Crippen molar-refractivity contribution in [2.45, 2.75) is 85.0 Å². The minimum absolute atomic E-state index is 0.0282. The summed E-state index contributed by atoms with van der Waals surface area (Å²) < 4.78 is 225. The smallest absolute Gasteiger partial charge is 0.328 e. The predicted octanol–water partition coefficient (Wildman–Crippen LogP) is 5.69. The van der Waals surface area contributed by atoms with E-state index in [0.717, 1.165) is 11.9 Å². The van der Waals surface area contributed by atoms with Gasteiger partial charge in [0.1, 0.15) is 0 Å². The van der Waals surface area contributed by atoms with E-state index >= 15 is 0 Å². The van der Waals surface area contributed by atoms with Crippen LogP contribution in [0.25, 0.3) is 0 Å². The summed E-state index contributed by atoms with van der Waals surface area (Å²) in [6.45, 7) is -0.829. The molecule has 1 fully saturated rings. The molecule has 1 rings (SSSR count). The molecule has 4 N–H and O–H groups in total. The summed E-state index contributed by atoms with van der Waals surface area (Å²) in [4.78, 5) is 1.09. The molecular weight excluding hydrogens is 581 g/mol. The number of nitrogens with zero attached hydrogens (tertiary/aromatic N) is 1. The van der Waals surface area contributed by atoms with E-state index in [1.807, 2.05) is 0 Å². The molecule has 0 bridgehead atoms. The first-order valence-electron chi connectivity index (χ1n) is 10.1. The lowest BCUT2D eigenvalue weighted by Crippen LogP contribution is -2.74. The minimum atomic E-state index is -8.64. The van der Waals surface area contributed by atoms with E-state index in [2.05, 4.69) is 0 Å². The van der Waals surface area contributed by atoms with Crippen LogP contribution in [0.15, 0.2) is 12.2 Å². The third-order valence-electron chi connectivity index (χ3n) is 5.94. The fraction of sp³-hybridized carbons (Fsp3) is 0.889. The van der Waals surface area contributed by atoms with E-state index in [0.29, 0.717) is 12.8 Å². The number of allylic oxidation sites excluding steroid dienone is 1. The number of hydrogen-bond donors (Lipinski definition) is 2. The van der Waals surface area contributed by atoms with Crippen molar-refractivity contribution in [2.75, 3.05) is 13.6 Å². The molecule has 0 saturated heterocycles. The Hall–Kier alpha value is -1.57. The molecule has 226 valence electrons. The average molecular weight is 601 g/mol. The van der Waals surface area contributed by atoms with Gasteiger partial charge in [-0.05, 0) is 32.4 Å². The van der Waals surface area contributed by atoms with Crippen LogP contribution in [0.5, 0.6) is 0 Å². The molecule has 38 heavy (non-hydrogen) atoms. The fourth-order valence-electron chi connectivity index (χ4n) is 3.49. The monoisotopic (exact) mass is 601 g/mol. The molecule has 20 heteroatoms. The Morgan fingerprint density at radius 2 is 1.03 bits per heavy atom. The molecule has 0 aromatic heterocycles. The summed E-state index contributed by atoms with van der Waals surface area (Å²) in [5, 5.41) is 0. The maximum atomic E-state index is 13.9. The van der Waals surface area contributed by atoms with Crippen LogP contribution < -0.4 is 11.5 Å². The van der Waals surface area contributed by atoms with Crippen molar-refractivity contribution in [1.82, 2.24) is 4.90 Å². The Bertz CT molecular complexity index is 852. The molecule has 0 amide bonds. The topological polar surface area (TPSA) is 55.3 Å². The first kappa shape index (κ1) is 34.5. The Morgan fingerprint density at radius 1 is 0.632 bits per heavy atom. The van der Waals surface area contributed by atoms with Gasteiger partial charge in [0.15, 0.2) is 0 Å². The molecule has 1 saturated carbocycles. The molecule has 1 aliphatic rings. The summed E-state index contributed by atoms with van der Waals surface area (Å²) in [6.07, 6.45) is -8.07. The average Bonchev–Trinajstić information content (AvgIpc) is 2.73. The summed E-state index contributed by atoms with van der Waals surface area (Å²) in [6, 6.07) is -1.74. The van der Waals surface area contributed by atoms with Gasteiger partial charge >= 0.3 is 47.6 Å². The maximum absolute atomic E-state index is 13.9. The normalized spacial score (nSPS) is 24.0. The van der Waals surface area contributed by atoms with E-state index in [9.17, 15) is 74.6 Å². The number of rotatable bonds is 10. The second kappa shape index (κ2) is 10.1. The van der Waals surface area contributed by atoms with Crippen LogP contribution in [0.1, 0.15) is 19.3 Å². The zero-order valence-corrected chi connectivity index (χ0v) is 18.7. The second-order valence-corrected chi connectivity index (χ2v) is 8.71. The molecule has 0 aromatic carbocycles. The summed E-state index contributed by atoms with van der Waals surface area (Å²) in [5.41, 5.74) is 11.5. The standard InChI is InChI=1S/C18H20F17N3/c1-38(10-7-8(36)3-4-9(10)37)6-2-5-11(19,20)12(21,22)13(23,24)14(25,26)15(27,28)16(29,30)17(31,32)18(33,34)35/h2,5,8-10H,3-4,6-7,36-37H2,1H3/b5-2+. The van der Waals surface area contributed by atoms with Crippen molar-refractivity contribution < 1.29 is 74.6 Å². The SMILES string of the molecule is CN(C/C=C/C(F)(F)C(F)(F)C(F)(F)C(F)(F)C(F)(F)C(F)(F)C(F)(F)C(F)(F)F)C1CC(N)CCC1N. The van der Waals surface area contributed by atoms with Gasteiger partial charge in [0, 0.05) is 24.7 Å². The number of hydrogen-bond acceptors (Lipinski definition) is 3. The lowest BCUT2D eigenvalue weighted by Gasteiger charge is -2.42. The minimum Gasteiger partial charge on any atom is -0.328 e. The quantitative estimate of drug-likeness (QED) is 0.250. The highest BCUT2D eigenvalue weighted by molar-refractivity contribution is 5.18. The van der Waals surface area contributed by atoms with Crippen LogP contribution in [0.2, 0.25) is 0 Å². The van der Waals surface area contributed by atoms with Gasteiger partial charge in [0.25, 0.3) is 0 Å². The molecule has 0 spiro atoms. The van der Waals surface area contributed by atoms with E-state index < -0.39 is 78.4 Å². The molecular formula is C18H20F17N3. The Kier molecular flexibility index (Phi) is 9.17. The van der Waals surface area contributed by atoms with Gasteiger partial charge in [-0.15, -0.1) is 0 Å². The molecule has 3 unspecified atom stereocenters. The van der Waals surface area contributed by atoms with Crippen LogP contribution in [0, 0.1) is 0 Å². The van der Waals surface area contributed by atoms with Crippen LogP contribution in [0.4, 0.5) is 74.6 Å². The number of nitrogens with two attached hydrogens (primary N) is 2. The molecule has 0 aromatic rings. The molecule has 1 aliphatic carbocycles. The van der Waals surface area contributed by atoms with Crippen molar-refractivity contribution in [1.29, 1.82) is 0 Å². The number of halogens is 17. The Morgan fingerprint density at radius 3 is 1.45 bits per heavy atom. The predicted molar refractivity (Wildman–Crippen MR) is 96.0 cm³/mol. The highest BCUT2D eigenvalue weighted by atomic mass is 19.4. The van der Waals surface area contributed by atoms with E-state index in [-0.39, 0.29) is 12.5 Å². The molecule has 3 nitrogen and oxygen atoms in total. The van der Waals surface area contributed by atoms with Crippen molar-refractivity contribution in [3.63, 3.8) is 0 Å². The summed E-state index contributed by atoms with van der Waals surface area (Å²) in [7, 11) is 1.16. The van der Waals surface area contributed by atoms with Crippen LogP contribution in [-0.2, 0) is 0 Å². The van der Waals surface area contributed by atoms with Gasteiger partial charge in [-0.2, -0.15) is 74.6 Å². The third kappa shape index (κ3) is 5.27. The van der Waals surface area contributed by atoms with Crippen molar-refractivity contribution in [3.05, 3.63) is 12.2 Å². The molecule has 0 aliphatic heterocycles. The molecule has 0 radical (unpaired) electrons. The maximum Gasteiger partial charge on any atom is 0.460 e. The van der Waals surface area contributed by atoms with Gasteiger partial charge in [-0.3, -0.25) is 4.90 Å². The highest BCUT2D eigenvalue weighted by Gasteiger charge is 2.95. The van der Waals surface area contributed by atoms with Gasteiger partial charge in [-0.25, -0.2) is 0 Å². The lowest BCUT2D eigenvalue weighted by molar-refractivity contribution is -0.459. The third-order valence-corrected chi connectivity index (χ3v) is 5.94. The van der Waals surface area contributed by atoms with Crippen molar-refractivity contribution >= 4 is 0 Å². The van der Waals surface area contributed by atoms with Crippen LogP contribution >= 0.6 is 0 Å². The molecule has 3 atom stereocenters. The zero-order chi connectivity index (χ0) is 30.6. The van der Waals surface area contributed by atoms with Crippen LogP contribution in [-0.4, -0.2) is 84.3 Å². The fourth-order valence-corrected chi connectivity index (χ4v) is 3.49. The second-order valence-electron chi connectivity index (χ2n) is 8.71. The largest absolute Gasteiger partial charge is 0.460 e. The lowest BCUT2D eigenvalue weighted by atomic mass is 9.87. The molecule has 0 heterocycles. The van der Waals surface area contributed by atoms with Gasteiger partial charge in [0.2, 0.25) is 0 Å². The highest BCUT2D eigenvalue weighted by Crippen LogP contribution is 2.64. The summed E-state index contributed by atoms with van der Waals surface area (Å²) >= 11 is 0. The van der Waals surface area contributed by atoms with Crippen LogP contribution in [0.3, 0.4) is 0 Å². The number of alkyl halides is 17. The Balaban J connectivity index is 3.34. The van der Waals surface area contributed by atoms with Crippen molar-refractivity contribution in [2.24, 2.45) is 11.5 Å². The zero-order valence-electron chi connectivity index (χ0n) is 18.7. The first-order chi connectivity index (χ1) is 16.5. The van der Waals surface area contributed by atoms with Gasteiger partial charge in [-0.1, -0.05) is 6.08 Å². The van der Waals surface area contributed by atoms with E-state index in [1.54, 1.807) is 0 Å². The number of likely N-dealkylation sites (N-methyl/N-ethyl adjacent to an activating group) is 1. The Labute approximate surface area is 203 Å². The first-order valence-corrected chi connectivity index (χ1v) is 10.1. The van der Waals surface area contributed by atoms with E-state index in [1.165, 1.54) is 0 Å². The van der Waals surface area contributed by atoms with Gasteiger partial charge in [0.05, 0.1) is 0 Å². The van der Waals surface area contributed by atoms with E-state index in [4.69, 9.17) is 11.5 Å². The van der Waals surface area contributed by atoms with Crippen molar-refractivity contribution in [3.8, 4) is 0 Å². The summed E-state index contributed by atoms with van der Waals surface area (Å²) in [5.74, 6) is -56.5.